The molecule has 0 aliphatic rings. The molecule has 0 fully saturated rings. The van der Waals surface area contributed by atoms with Gasteiger partial charge in [-0.1, -0.05) is 57.5 Å². The first-order chi connectivity index (χ1) is 12.0. The van der Waals surface area contributed by atoms with E-state index in [2.05, 4.69) is 31.4 Å². The van der Waals surface area contributed by atoms with Crippen LogP contribution in [0.2, 0.25) is 5.02 Å². The van der Waals surface area contributed by atoms with Crippen LogP contribution in [0, 0.1) is 0 Å². The predicted molar refractivity (Wildman–Crippen MR) is 104 cm³/mol. The molecule has 0 radical (unpaired) electrons. The maximum Gasteiger partial charge on any atom is 0.234 e. The van der Waals surface area contributed by atoms with Gasteiger partial charge in [0.15, 0.2) is 5.82 Å². The highest BCUT2D eigenvalue weighted by Crippen LogP contribution is 2.28. The van der Waals surface area contributed by atoms with Crippen LogP contribution >= 0.6 is 39.3 Å². The van der Waals surface area contributed by atoms with Crippen LogP contribution in [0.25, 0.3) is 11.4 Å². The SMILES string of the molecule is Nn1c(SCC(=O)Nc2cccc(Cl)c2)nnc1-c1ccccc1Br. The molecule has 25 heavy (non-hydrogen) atoms. The van der Waals surface area contributed by atoms with Crippen molar-refractivity contribution in [1.29, 1.82) is 0 Å². The largest absolute Gasteiger partial charge is 0.335 e. The van der Waals surface area contributed by atoms with Gasteiger partial charge in [-0.15, -0.1) is 10.2 Å². The lowest BCUT2D eigenvalue weighted by Gasteiger charge is -2.06. The number of halogens is 2. The molecule has 128 valence electrons. The molecule has 0 saturated heterocycles. The van der Waals surface area contributed by atoms with Gasteiger partial charge in [0.1, 0.15) is 0 Å². The summed E-state index contributed by atoms with van der Waals surface area (Å²) in [6.07, 6.45) is 0. The standard InChI is InChI=1S/C16H13BrClN5OS/c17-13-7-2-1-6-12(13)15-21-22-16(23(15)19)25-9-14(24)20-11-5-3-4-10(18)8-11/h1-8H,9,19H2,(H,20,24). The molecule has 0 atom stereocenters. The highest BCUT2D eigenvalue weighted by atomic mass is 79.9. The molecule has 0 saturated carbocycles. The molecule has 0 aliphatic carbocycles. The molecule has 1 aromatic heterocycles. The first-order valence-corrected chi connectivity index (χ1v) is 9.34. The Morgan fingerprint density at radius 3 is 2.80 bits per heavy atom. The number of carbonyl (C=O) groups is 1. The zero-order chi connectivity index (χ0) is 17.8. The molecule has 6 nitrogen and oxygen atoms in total. The van der Waals surface area contributed by atoms with E-state index in [0.29, 0.717) is 21.7 Å². The number of hydrogen-bond donors (Lipinski definition) is 2. The molecule has 1 heterocycles. The van der Waals surface area contributed by atoms with Crippen molar-refractivity contribution in [3.63, 3.8) is 0 Å². The van der Waals surface area contributed by atoms with Crippen LogP contribution in [0.5, 0.6) is 0 Å². The molecular weight excluding hydrogens is 426 g/mol. The first-order valence-electron chi connectivity index (χ1n) is 7.18. The highest BCUT2D eigenvalue weighted by Gasteiger charge is 2.15. The number of amides is 1. The van der Waals surface area contributed by atoms with Crippen molar-refractivity contribution in [2.75, 3.05) is 16.9 Å². The minimum Gasteiger partial charge on any atom is -0.335 e. The molecule has 3 rings (SSSR count). The Balaban J connectivity index is 1.66. The molecule has 0 unspecified atom stereocenters. The fraction of sp³-hybridized carbons (Fsp3) is 0.0625. The van der Waals surface area contributed by atoms with E-state index in [1.807, 2.05) is 24.3 Å². The number of aromatic nitrogens is 3. The summed E-state index contributed by atoms with van der Waals surface area (Å²) in [5.41, 5.74) is 1.47. The van der Waals surface area contributed by atoms with Crippen LogP contribution < -0.4 is 11.2 Å². The van der Waals surface area contributed by atoms with Crippen molar-refractivity contribution < 1.29 is 4.79 Å². The minimum atomic E-state index is -0.183. The molecule has 3 aromatic rings. The van der Waals surface area contributed by atoms with Gasteiger partial charge in [-0.05, 0) is 30.3 Å². The minimum absolute atomic E-state index is 0.151. The van der Waals surface area contributed by atoms with Crippen molar-refractivity contribution in [3.8, 4) is 11.4 Å². The quantitative estimate of drug-likeness (QED) is 0.467. The van der Waals surface area contributed by atoms with E-state index < -0.39 is 0 Å². The van der Waals surface area contributed by atoms with Crippen LogP contribution in [0.4, 0.5) is 5.69 Å². The summed E-state index contributed by atoms with van der Waals surface area (Å²) < 4.78 is 2.24. The third kappa shape index (κ3) is 4.33. The monoisotopic (exact) mass is 437 g/mol. The Labute approximate surface area is 161 Å². The number of hydrogen-bond acceptors (Lipinski definition) is 5. The summed E-state index contributed by atoms with van der Waals surface area (Å²) in [6.45, 7) is 0. The smallest absolute Gasteiger partial charge is 0.234 e. The lowest BCUT2D eigenvalue weighted by Crippen LogP contribution is -2.16. The van der Waals surface area contributed by atoms with E-state index in [9.17, 15) is 4.79 Å². The second-order valence-electron chi connectivity index (χ2n) is 5.00. The fourth-order valence-corrected chi connectivity index (χ4v) is 3.40. The van der Waals surface area contributed by atoms with E-state index in [1.54, 1.807) is 24.3 Å². The van der Waals surface area contributed by atoms with Gasteiger partial charge in [0.05, 0.1) is 5.75 Å². The summed E-state index contributed by atoms with van der Waals surface area (Å²) in [7, 11) is 0. The summed E-state index contributed by atoms with van der Waals surface area (Å²) in [6, 6.07) is 14.5. The lowest BCUT2D eigenvalue weighted by molar-refractivity contribution is -0.113. The number of anilines is 1. The van der Waals surface area contributed by atoms with Crippen LogP contribution in [-0.4, -0.2) is 26.5 Å². The number of rotatable bonds is 5. The van der Waals surface area contributed by atoms with Crippen LogP contribution in [0.1, 0.15) is 0 Å². The molecular formula is C16H13BrClN5OS. The van der Waals surface area contributed by atoms with Crippen LogP contribution in [-0.2, 0) is 4.79 Å². The van der Waals surface area contributed by atoms with E-state index in [-0.39, 0.29) is 11.7 Å². The second kappa shape index (κ2) is 7.90. The molecule has 2 aromatic carbocycles. The van der Waals surface area contributed by atoms with Gasteiger partial charge in [0.2, 0.25) is 11.1 Å². The summed E-state index contributed by atoms with van der Waals surface area (Å²) >= 11 is 10.6. The number of carbonyl (C=O) groups excluding carboxylic acids is 1. The van der Waals surface area contributed by atoms with Gasteiger partial charge < -0.3 is 11.2 Å². The Hall–Kier alpha value is -2.03. The number of nitrogens with one attached hydrogen (secondary N) is 1. The molecule has 3 N–H and O–H groups in total. The van der Waals surface area contributed by atoms with Crippen molar-refractivity contribution in [3.05, 3.63) is 58.0 Å². The highest BCUT2D eigenvalue weighted by molar-refractivity contribution is 9.10. The van der Waals surface area contributed by atoms with Crippen LogP contribution in [0.15, 0.2) is 58.2 Å². The first kappa shape index (κ1) is 17.8. The third-order valence-corrected chi connectivity index (χ3v) is 5.09. The molecule has 9 heteroatoms. The van der Waals surface area contributed by atoms with E-state index in [1.165, 1.54) is 16.4 Å². The number of nitrogens with two attached hydrogens (primary N) is 1. The number of nitrogens with zero attached hydrogens (tertiary/aromatic N) is 3. The van der Waals surface area contributed by atoms with Gasteiger partial charge in [0.25, 0.3) is 0 Å². The van der Waals surface area contributed by atoms with Gasteiger partial charge in [-0.3, -0.25) is 4.79 Å². The topological polar surface area (TPSA) is 85.8 Å². The van der Waals surface area contributed by atoms with E-state index in [0.717, 1.165) is 10.0 Å². The second-order valence-corrected chi connectivity index (χ2v) is 7.24. The summed E-state index contributed by atoms with van der Waals surface area (Å²) in [5.74, 6) is 6.55. The van der Waals surface area contributed by atoms with Crippen molar-refractivity contribution >= 4 is 50.9 Å². The molecule has 1 amide bonds. The lowest BCUT2D eigenvalue weighted by atomic mass is 10.2. The number of nitrogen functional groups attached to an aromatic ring is 1. The Kier molecular flexibility index (Phi) is 5.62. The Morgan fingerprint density at radius 2 is 2.04 bits per heavy atom. The van der Waals surface area contributed by atoms with Gasteiger partial charge in [-0.2, -0.15) is 0 Å². The maximum atomic E-state index is 12.1. The predicted octanol–water partition coefficient (Wildman–Crippen LogP) is 3.81. The molecule has 0 aliphatic heterocycles. The Bertz CT molecular complexity index is 917. The molecule has 0 bridgehead atoms. The fourth-order valence-electron chi connectivity index (χ4n) is 2.10. The third-order valence-electron chi connectivity index (χ3n) is 3.22. The van der Waals surface area contributed by atoms with E-state index in [4.69, 9.17) is 17.4 Å². The average Bonchev–Trinajstić information content (AvgIpc) is 2.94. The normalized spacial score (nSPS) is 10.6. The maximum absolute atomic E-state index is 12.1. The zero-order valence-electron chi connectivity index (χ0n) is 12.8. The zero-order valence-corrected chi connectivity index (χ0v) is 16.0. The molecule has 0 spiro atoms. The van der Waals surface area contributed by atoms with E-state index >= 15 is 0 Å². The van der Waals surface area contributed by atoms with Gasteiger partial charge >= 0.3 is 0 Å². The van der Waals surface area contributed by atoms with Gasteiger partial charge in [-0.25, -0.2) is 4.68 Å². The van der Waals surface area contributed by atoms with Gasteiger partial charge in [0, 0.05) is 20.7 Å². The van der Waals surface area contributed by atoms with Crippen molar-refractivity contribution in [2.45, 2.75) is 5.16 Å². The van der Waals surface area contributed by atoms with Crippen molar-refractivity contribution in [2.24, 2.45) is 0 Å². The Morgan fingerprint density at radius 1 is 1.24 bits per heavy atom. The summed E-state index contributed by atoms with van der Waals surface area (Å²) in [5, 5.41) is 11.9. The van der Waals surface area contributed by atoms with Crippen LogP contribution in [0.3, 0.4) is 0 Å². The summed E-state index contributed by atoms with van der Waals surface area (Å²) in [4.78, 5) is 12.1. The number of benzene rings is 2. The average molecular weight is 439 g/mol. The number of thioether (sulfide) groups is 1. The van der Waals surface area contributed by atoms with Crippen molar-refractivity contribution in [1.82, 2.24) is 14.9 Å².